The average molecular weight is 278 g/mol. The van der Waals surface area contributed by atoms with Gasteiger partial charge in [0.05, 0.1) is 4.92 Å². The molecular weight excluding hydrogens is 256 g/mol. The number of rotatable bonds is 5. The van der Waals surface area contributed by atoms with Gasteiger partial charge in [-0.05, 0) is 25.3 Å². The Morgan fingerprint density at radius 2 is 2.00 bits per heavy atom. The minimum atomic E-state index is -0.336. The highest BCUT2D eigenvalue weighted by Crippen LogP contribution is 2.29. The van der Waals surface area contributed by atoms with Crippen molar-refractivity contribution in [2.45, 2.75) is 39.0 Å². The number of hydrogen-bond acceptors (Lipinski definition) is 5. The van der Waals surface area contributed by atoms with Crippen molar-refractivity contribution < 1.29 is 4.92 Å². The predicted molar refractivity (Wildman–Crippen MR) is 80.4 cm³/mol. The normalized spacial score (nSPS) is 15.8. The van der Waals surface area contributed by atoms with Crippen molar-refractivity contribution in [1.82, 2.24) is 4.98 Å². The molecular formula is C14H22N4O2. The molecule has 0 unspecified atom stereocenters. The maximum Gasteiger partial charge on any atom is 0.311 e. The van der Waals surface area contributed by atoms with Crippen LogP contribution in [0.3, 0.4) is 0 Å². The molecule has 0 amide bonds. The molecule has 0 saturated carbocycles. The van der Waals surface area contributed by atoms with Crippen LogP contribution in [0.1, 0.15) is 39.0 Å². The first-order valence-electron chi connectivity index (χ1n) is 7.36. The van der Waals surface area contributed by atoms with E-state index in [9.17, 15) is 10.1 Å². The number of nitrogens with zero attached hydrogens (tertiary/aromatic N) is 3. The van der Waals surface area contributed by atoms with Gasteiger partial charge < -0.3 is 10.2 Å². The van der Waals surface area contributed by atoms with E-state index >= 15 is 0 Å². The molecule has 1 fully saturated rings. The summed E-state index contributed by atoms with van der Waals surface area (Å²) in [5.74, 6) is 1.23. The summed E-state index contributed by atoms with van der Waals surface area (Å²) in [5, 5.41) is 14.4. The Morgan fingerprint density at radius 1 is 1.30 bits per heavy atom. The van der Waals surface area contributed by atoms with Crippen LogP contribution in [0.25, 0.3) is 0 Å². The monoisotopic (exact) mass is 278 g/mol. The summed E-state index contributed by atoms with van der Waals surface area (Å²) < 4.78 is 0. The van der Waals surface area contributed by atoms with E-state index in [1.165, 1.54) is 12.8 Å². The summed E-state index contributed by atoms with van der Waals surface area (Å²) in [4.78, 5) is 17.4. The van der Waals surface area contributed by atoms with Gasteiger partial charge in [-0.25, -0.2) is 4.98 Å². The number of aromatic nitrogens is 1. The SMILES string of the molecule is CCCNc1ccc([N+](=O)[O-])c(N2CCCCCC2)n1. The molecule has 1 aromatic heterocycles. The lowest BCUT2D eigenvalue weighted by atomic mass is 10.2. The molecule has 0 bridgehead atoms. The minimum Gasteiger partial charge on any atom is -0.370 e. The van der Waals surface area contributed by atoms with Gasteiger partial charge in [-0.1, -0.05) is 19.8 Å². The largest absolute Gasteiger partial charge is 0.370 e. The van der Waals surface area contributed by atoms with Crippen LogP contribution >= 0.6 is 0 Å². The highest BCUT2D eigenvalue weighted by molar-refractivity contribution is 5.61. The van der Waals surface area contributed by atoms with Crippen LogP contribution < -0.4 is 10.2 Å². The van der Waals surface area contributed by atoms with Crippen LogP contribution in [0.4, 0.5) is 17.3 Å². The number of pyridine rings is 1. The van der Waals surface area contributed by atoms with Crippen molar-refractivity contribution >= 4 is 17.3 Å². The number of anilines is 2. The summed E-state index contributed by atoms with van der Waals surface area (Å²) in [6, 6.07) is 3.25. The van der Waals surface area contributed by atoms with E-state index in [2.05, 4.69) is 22.1 Å². The first-order valence-corrected chi connectivity index (χ1v) is 7.36. The number of nitro groups is 1. The lowest BCUT2D eigenvalue weighted by Gasteiger charge is -2.21. The smallest absolute Gasteiger partial charge is 0.311 e. The average Bonchev–Trinajstić information content (AvgIpc) is 2.73. The summed E-state index contributed by atoms with van der Waals surface area (Å²) >= 11 is 0. The maximum absolute atomic E-state index is 11.2. The summed E-state index contributed by atoms with van der Waals surface area (Å²) in [6.45, 7) is 4.61. The third kappa shape index (κ3) is 3.59. The fraction of sp³-hybridized carbons (Fsp3) is 0.643. The van der Waals surface area contributed by atoms with E-state index in [0.717, 1.165) is 44.7 Å². The Labute approximate surface area is 119 Å². The number of hydrogen-bond donors (Lipinski definition) is 1. The highest BCUT2D eigenvalue weighted by Gasteiger charge is 2.22. The topological polar surface area (TPSA) is 71.3 Å². The second kappa shape index (κ2) is 7.07. The molecule has 20 heavy (non-hydrogen) atoms. The van der Waals surface area contributed by atoms with Gasteiger partial charge in [0.1, 0.15) is 5.82 Å². The van der Waals surface area contributed by atoms with E-state index in [1.807, 2.05) is 0 Å². The fourth-order valence-corrected chi connectivity index (χ4v) is 2.45. The van der Waals surface area contributed by atoms with Crippen molar-refractivity contribution in [2.24, 2.45) is 0 Å². The molecule has 1 saturated heterocycles. The zero-order valence-corrected chi connectivity index (χ0v) is 12.0. The van der Waals surface area contributed by atoms with E-state index < -0.39 is 0 Å². The molecule has 6 heteroatoms. The maximum atomic E-state index is 11.2. The van der Waals surface area contributed by atoms with E-state index in [-0.39, 0.29) is 10.6 Å². The first kappa shape index (κ1) is 14.6. The van der Waals surface area contributed by atoms with Crippen LogP contribution in [0.15, 0.2) is 12.1 Å². The van der Waals surface area contributed by atoms with Crippen LogP contribution in [0.5, 0.6) is 0 Å². The zero-order valence-electron chi connectivity index (χ0n) is 12.0. The van der Waals surface area contributed by atoms with Crippen LogP contribution in [-0.2, 0) is 0 Å². The van der Waals surface area contributed by atoms with Gasteiger partial charge in [0.15, 0.2) is 0 Å². The predicted octanol–water partition coefficient (Wildman–Crippen LogP) is 3.19. The van der Waals surface area contributed by atoms with Gasteiger partial charge in [0.2, 0.25) is 5.82 Å². The first-order chi connectivity index (χ1) is 9.72. The quantitative estimate of drug-likeness (QED) is 0.661. The van der Waals surface area contributed by atoms with Crippen molar-refractivity contribution in [3.63, 3.8) is 0 Å². The Kier molecular flexibility index (Phi) is 5.15. The molecule has 0 radical (unpaired) electrons. The van der Waals surface area contributed by atoms with Crippen LogP contribution in [-0.4, -0.2) is 29.5 Å². The molecule has 2 heterocycles. The molecule has 0 spiro atoms. The molecule has 1 aliphatic heterocycles. The molecule has 1 aromatic rings. The van der Waals surface area contributed by atoms with Crippen LogP contribution in [0, 0.1) is 10.1 Å². The highest BCUT2D eigenvalue weighted by atomic mass is 16.6. The third-order valence-corrected chi connectivity index (χ3v) is 3.51. The van der Waals surface area contributed by atoms with Gasteiger partial charge in [-0.2, -0.15) is 0 Å². The van der Waals surface area contributed by atoms with E-state index in [1.54, 1.807) is 12.1 Å². The summed E-state index contributed by atoms with van der Waals surface area (Å²) in [7, 11) is 0. The van der Waals surface area contributed by atoms with Crippen molar-refractivity contribution in [1.29, 1.82) is 0 Å². The fourth-order valence-electron chi connectivity index (χ4n) is 2.45. The lowest BCUT2D eigenvalue weighted by Crippen LogP contribution is -2.26. The zero-order chi connectivity index (χ0) is 14.4. The Morgan fingerprint density at radius 3 is 2.60 bits per heavy atom. The van der Waals surface area contributed by atoms with E-state index in [4.69, 9.17) is 0 Å². The Balaban J connectivity index is 2.27. The van der Waals surface area contributed by atoms with Gasteiger partial charge >= 0.3 is 5.69 Å². The van der Waals surface area contributed by atoms with Gasteiger partial charge in [-0.3, -0.25) is 10.1 Å². The standard InChI is InChI=1S/C14H22N4O2/c1-2-9-15-13-8-7-12(18(19)20)14(16-13)17-10-5-3-4-6-11-17/h7-8H,2-6,9-11H2,1H3,(H,15,16). The third-order valence-electron chi connectivity index (χ3n) is 3.51. The molecule has 1 N–H and O–H groups in total. The molecule has 0 atom stereocenters. The van der Waals surface area contributed by atoms with Gasteiger partial charge in [-0.15, -0.1) is 0 Å². The molecule has 2 rings (SSSR count). The molecule has 0 aliphatic carbocycles. The van der Waals surface area contributed by atoms with Crippen LogP contribution in [0.2, 0.25) is 0 Å². The second-order valence-electron chi connectivity index (χ2n) is 5.12. The van der Waals surface area contributed by atoms with Crippen molar-refractivity contribution in [3.8, 4) is 0 Å². The van der Waals surface area contributed by atoms with Gasteiger partial charge in [0.25, 0.3) is 0 Å². The molecule has 0 aromatic carbocycles. The summed E-state index contributed by atoms with van der Waals surface area (Å²) in [6.07, 6.45) is 5.53. The second-order valence-corrected chi connectivity index (χ2v) is 5.12. The lowest BCUT2D eigenvalue weighted by molar-refractivity contribution is -0.384. The Bertz CT molecular complexity index is 456. The molecule has 1 aliphatic rings. The van der Waals surface area contributed by atoms with Crippen molar-refractivity contribution in [3.05, 3.63) is 22.2 Å². The van der Waals surface area contributed by atoms with Gasteiger partial charge in [0, 0.05) is 25.7 Å². The summed E-state index contributed by atoms with van der Waals surface area (Å²) in [5.41, 5.74) is 0.106. The minimum absolute atomic E-state index is 0.106. The molecule has 6 nitrogen and oxygen atoms in total. The van der Waals surface area contributed by atoms with E-state index in [0.29, 0.717) is 5.82 Å². The molecule has 110 valence electrons. The Hall–Kier alpha value is -1.85. The van der Waals surface area contributed by atoms with Crippen molar-refractivity contribution in [2.75, 3.05) is 29.9 Å². The number of nitrogens with one attached hydrogen (secondary N) is 1.